The van der Waals surface area contributed by atoms with Gasteiger partial charge in [0.15, 0.2) is 0 Å². The fourth-order valence-electron chi connectivity index (χ4n) is 3.63. The van der Waals surface area contributed by atoms with Crippen LogP contribution in [0.5, 0.6) is 0 Å². The van der Waals surface area contributed by atoms with Crippen molar-refractivity contribution in [3.63, 3.8) is 0 Å². The van der Waals surface area contributed by atoms with Crippen molar-refractivity contribution >= 4 is 25.7 Å². The minimum Gasteiger partial charge on any atom is -0.270 e. The first-order valence-corrected chi connectivity index (χ1v) is 12.0. The zero-order chi connectivity index (χ0) is 18.1. The van der Waals surface area contributed by atoms with Crippen molar-refractivity contribution in [2.24, 2.45) is 5.92 Å². The molecule has 1 aliphatic carbocycles. The molecule has 8 heteroatoms. The summed E-state index contributed by atoms with van der Waals surface area (Å²) in [7, 11) is -6.87. The van der Waals surface area contributed by atoms with Crippen LogP contribution in [0.15, 0.2) is 29.2 Å². The molecule has 1 saturated carbocycles. The fraction of sp³-hybridized carbons (Fsp3) is 0.647. The van der Waals surface area contributed by atoms with Crippen LogP contribution in [0, 0.1) is 5.92 Å². The highest BCUT2D eigenvalue weighted by atomic mass is 32.2. The zero-order valence-electron chi connectivity index (χ0n) is 14.5. The molecule has 0 unspecified atom stereocenters. The Morgan fingerprint density at radius 3 is 2.36 bits per heavy atom. The molecule has 25 heavy (non-hydrogen) atoms. The van der Waals surface area contributed by atoms with E-state index in [4.69, 9.17) is 0 Å². The van der Waals surface area contributed by atoms with Gasteiger partial charge >= 0.3 is 0 Å². The van der Waals surface area contributed by atoms with E-state index in [-0.39, 0.29) is 16.7 Å². The standard InChI is InChI=1S/C17H26N2O4S2/c1-14-6-2-3-7-17(14)18-25(22,23)16-10-8-15(9-11-16)19-12-4-5-13-24(19,20)21/h8-11,14,17-18H,2-7,12-13H2,1H3/t14-,17-/m1/s1. The molecular formula is C17H26N2O4S2. The van der Waals surface area contributed by atoms with Crippen LogP contribution in [-0.4, -0.2) is 35.2 Å². The molecule has 1 aromatic rings. The van der Waals surface area contributed by atoms with Gasteiger partial charge in [-0.1, -0.05) is 19.8 Å². The maximum absolute atomic E-state index is 12.6. The van der Waals surface area contributed by atoms with Crippen molar-refractivity contribution in [3.8, 4) is 0 Å². The normalized spacial score (nSPS) is 27.2. The van der Waals surface area contributed by atoms with Crippen LogP contribution in [0.4, 0.5) is 5.69 Å². The van der Waals surface area contributed by atoms with Crippen LogP contribution in [0.3, 0.4) is 0 Å². The van der Waals surface area contributed by atoms with Gasteiger partial charge in [0.25, 0.3) is 0 Å². The number of hydrogen-bond acceptors (Lipinski definition) is 4. The third-order valence-corrected chi connectivity index (χ3v) is 8.58. The lowest BCUT2D eigenvalue weighted by atomic mass is 9.87. The molecule has 0 radical (unpaired) electrons. The van der Waals surface area contributed by atoms with Gasteiger partial charge in [-0.05, 0) is 55.9 Å². The molecule has 0 spiro atoms. The summed E-state index contributed by atoms with van der Waals surface area (Å²) in [5, 5.41) is 0. The first-order chi connectivity index (χ1) is 11.8. The van der Waals surface area contributed by atoms with Gasteiger partial charge in [0.2, 0.25) is 20.0 Å². The van der Waals surface area contributed by atoms with Crippen molar-refractivity contribution in [3.05, 3.63) is 24.3 Å². The summed E-state index contributed by atoms with van der Waals surface area (Å²) in [4.78, 5) is 0.184. The number of sulfonamides is 2. The number of anilines is 1. The largest absolute Gasteiger partial charge is 0.270 e. The monoisotopic (exact) mass is 386 g/mol. The Bertz CT molecular complexity index is 804. The predicted octanol–water partition coefficient (Wildman–Crippen LogP) is 2.47. The average molecular weight is 387 g/mol. The average Bonchev–Trinajstić information content (AvgIpc) is 2.57. The zero-order valence-corrected chi connectivity index (χ0v) is 16.2. The third-order valence-electron chi connectivity index (χ3n) is 5.20. The molecule has 0 amide bonds. The topological polar surface area (TPSA) is 83.6 Å². The molecule has 2 aliphatic rings. The van der Waals surface area contributed by atoms with Gasteiger partial charge in [0, 0.05) is 12.6 Å². The van der Waals surface area contributed by atoms with Crippen LogP contribution < -0.4 is 9.03 Å². The summed E-state index contributed by atoms with van der Waals surface area (Å²) in [6.07, 6.45) is 5.60. The van der Waals surface area contributed by atoms with E-state index < -0.39 is 20.0 Å². The summed E-state index contributed by atoms with van der Waals surface area (Å²) in [6, 6.07) is 6.13. The van der Waals surface area contributed by atoms with Gasteiger partial charge in [-0.25, -0.2) is 21.6 Å². The number of nitrogens with one attached hydrogen (secondary N) is 1. The summed E-state index contributed by atoms with van der Waals surface area (Å²) < 4.78 is 53.7. The first kappa shape index (κ1) is 18.7. The lowest BCUT2D eigenvalue weighted by molar-refractivity contribution is 0.310. The second-order valence-corrected chi connectivity index (χ2v) is 10.8. The minimum absolute atomic E-state index is 0.0269. The smallest absolute Gasteiger partial charge is 0.240 e. The molecule has 140 valence electrons. The van der Waals surface area contributed by atoms with Crippen molar-refractivity contribution in [1.29, 1.82) is 0 Å². The lowest BCUT2D eigenvalue weighted by Crippen LogP contribution is -2.41. The highest BCUT2D eigenvalue weighted by molar-refractivity contribution is 7.92. The second kappa shape index (κ2) is 7.25. The molecule has 3 rings (SSSR count). The van der Waals surface area contributed by atoms with Gasteiger partial charge < -0.3 is 0 Å². The maximum atomic E-state index is 12.6. The van der Waals surface area contributed by atoms with E-state index in [1.54, 1.807) is 12.1 Å². The third kappa shape index (κ3) is 4.17. The molecule has 1 aromatic carbocycles. The molecule has 0 bridgehead atoms. The van der Waals surface area contributed by atoms with E-state index in [1.165, 1.54) is 16.4 Å². The van der Waals surface area contributed by atoms with E-state index in [9.17, 15) is 16.8 Å². The Morgan fingerprint density at radius 2 is 1.72 bits per heavy atom. The van der Waals surface area contributed by atoms with E-state index in [2.05, 4.69) is 11.6 Å². The van der Waals surface area contributed by atoms with Gasteiger partial charge in [0.05, 0.1) is 16.3 Å². The van der Waals surface area contributed by atoms with Crippen LogP contribution in [0.1, 0.15) is 45.4 Å². The van der Waals surface area contributed by atoms with E-state index in [1.807, 2.05) is 0 Å². The number of rotatable bonds is 4. The number of benzene rings is 1. The summed E-state index contributed by atoms with van der Waals surface area (Å²) in [6.45, 7) is 2.53. The fourth-order valence-corrected chi connectivity index (χ4v) is 6.65. The highest BCUT2D eigenvalue weighted by Crippen LogP contribution is 2.27. The Morgan fingerprint density at radius 1 is 1.04 bits per heavy atom. The molecule has 0 aromatic heterocycles. The Labute approximate surface area is 150 Å². The van der Waals surface area contributed by atoms with Crippen molar-refractivity contribution in [2.75, 3.05) is 16.6 Å². The van der Waals surface area contributed by atoms with E-state index >= 15 is 0 Å². The first-order valence-electron chi connectivity index (χ1n) is 8.92. The molecule has 1 heterocycles. The van der Waals surface area contributed by atoms with Crippen molar-refractivity contribution in [2.45, 2.75) is 56.4 Å². The Kier molecular flexibility index (Phi) is 5.41. The molecule has 2 fully saturated rings. The summed E-state index contributed by atoms with van der Waals surface area (Å²) >= 11 is 0. The molecule has 6 nitrogen and oxygen atoms in total. The highest BCUT2D eigenvalue weighted by Gasteiger charge is 2.28. The van der Waals surface area contributed by atoms with E-state index in [0.29, 0.717) is 24.6 Å². The van der Waals surface area contributed by atoms with Crippen LogP contribution in [-0.2, 0) is 20.0 Å². The Balaban J connectivity index is 1.77. The molecule has 2 atom stereocenters. The quantitative estimate of drug-likeness (QED) is 0.862. The second-order valence-electron chi connectivity index (χ2n) is 7.08. The van der Waals surface area contributed by atoms with E-state index in [0.717, 1.165) is 32.1 Å². The number of hydrogen-bond donors (Lipinski definition) is 1. The van der Waals surface area contributed by atoms with Crippen LogP contribution >= 0.6 is 0 Å². The molecular weight excluding hydrogens is 360 g/mol. The van der Waals surface area contributed by atoms with Gasteiger partial charge in [-0.3, -0.25) is 4.31 Å². The molecule has 1 N–H and O–H groups in total. The van der Waals surface area contributed by atoms with Gasteiger partial charge in [0.1, 0.15) is 0 Å². The Hall–Kier alpha value is -1.12. The maximum Gasteiger partial charge on any atom is 0.240 e. The summed E-state index contributed by atoms with van der Waals surface area (Å²) in [5.41, 5.74) is 0.532. The van der Waals surface area contributed by atoms with Crippen LogP contribution in [0.25, 0.3) is 0 Å². The van der Waals surface area contributed by atoms with Crippen molar-refractivity contribution in [1.82, 2.24) is 4.72 Å². The lowest BCUT2D eigenvalue weighted by Gasteiger charge is -2.29. The number of nitrogens with zero attached hydrogens (tertiary/aromatic N) is 1. The minimum atomic E-state index is -3.59. The molecule has 1 saturated heterocycles. The van der Waals surface area contributed by atoms with Crippen molar-refractivity contribution < 1.29 is 16.8 Å². The SMILES string of the molecule is C[C@@H]1CCCC[C@H]1NS(=O)(=O)c1ccc(N2CCCCS2(=O)=O)cc1. The predicted molar refractivity (Wildman–Crippen MR) is 98.6 cm³/mol. The molecule has 1 aliphatic heterocycles. The van der Waals surface area contributed by atoms with Crippen LogP contribution in [0.2, 0.25) is 0 Å². The van der Waals surface area contributed by atoms with Gasteiger partial charge in [-0.2, -0.15) is 0 Å². The van der Waals surface area contributed by atoms with Gasteiger partial charge in [-0.15, -0.1) is 0 Å². The summed E-state index contributed by atoms with van der Waals surface area (Å²) in [5.74, 6) is 0.482.